The van der Waals surface area contributed by atoms with Crippen LogP contribution in [-0.4, -0.2) is 15.8 Å². The lowest BCUT2D eigenvalue weighted by Gasteiger charge is -2.33. The lowest BCUT2D eigenvalue weighted by atomic mass is 9.79. The molecule has 106 valence electrons. The van der Waals surface area contributed by atoms with Crippen LogP contribution >= 0.6 is 0 Å². The van der Waals surface area contributed by atoms with Gasteiger partial charge in [-0.1, -0.05) is 13.8 Å². The van der Waals surface area contributed by atoms with Crippen LogP contribution in [-0.2, 0) is 0 Å². The number of benzene rings is 1. The van der Waals surface area contributed by atoms with Crippen LogP contribution in [0.25, 0.3) is 5.69 Å². The quantitative estimate of drug-likeness (QED) is 0.908. The van der Waals surface area contributed by atoms with Crippen molar-refractivity contribution in [2.75, 3.05) is 5.32 Å². The van der Waals surface area contributed by atoms with Crippen molar-refractivity contribution in [1.82, 2.24) is 9.78 Å². The van der Waals surface area contributed by atoms with Crippen molar-refractivity contribution >= 4 is 5.69 Å². The molecule has 1 aromatic heterocycles. The summed E-state index contributed by atoms with van der Waals surface area (Å²) in [4.78, 5) is 0. The van der Waals surface area contributed by atoms with Crippen molar-refractivity contribution in [2.45, 2.75) is 39.2 Å². The van der Waals surface area contributed by atoms with E-state index in [1.165, 1.54) is 24.9 Å². The maximum Gasteiger partial charge on any atom is 0.0647 e. The molecule has 0 spiro atoms. The highest BCUT2D eigenvalue weighted by Crippen LogP contribution is 2.31. The summed E-state index contributed by atoms with van der Waals surface area (Å²) in [5, 5.41) is 7.92. The molecule has 0 amide bonds. The normalized spacial score (nSPS) is 26.4. The molecule has 2 aromatic rings. The first-order chi connectivity index (χ1) is 9.72. The molecular formula is C17H23N3. The van der Waals surface area contributed by atoms with E-state index in [4.69, 9.17) is 0 Å². The molecule has 3 rings (SSSR count). The van der Waals surface area contributed by atoms with E-state index < -0.39 is 0 Å². The fourth-order valence-electron chi connectivity index (χ4n) is 3.05. The average Bonchev–Trinajstić information content (AvgIpc) is 2.98. The van der Waals surface area contributed by atoms with E-state index in [2.05, 4.69) is 48.5 Å². The van der Waals surface area contributed by atoms with Gasteiger partial charge in [0, 0.05) is 24.1 Å². The summed E-state index contributed by atoms with van der Waals surface area (Å²) in [5.74, 6) is 1.69. The second-order valence-electron chi connectivity index (χ2n) is 6.11. The Balaban J connectivity index is 1.64. The van der Waals surface area contributed by atoms with Gasteiger partial charge in [-0.2, -0.15) is 5.10 Å². The molecule has 3 nitrogen and oxygen atoms in total. The van der Waals surface area contributed by atoms with Gasteiger partial charge in [0.1, 0.15) is 0 Å². The molecule has 1 aromatic carbocycles. The monoisotopic (exact) mass is 269 g/mol. The largest absolute Gasteiger partial charge is 0.382 e. The van der Waals surface area contributed by atoms with E-state index in [0.29, 0.717) is 6.04 Å². The van der Waals surface area contributed by atoms with Gasteiger partial charge in [-0.25, -0.2) is 4.68 Å². The lowest BCUT2D eigenvalue weighted by molar-refractivity contribution is 0.261. The standard InChI is InChI=1S/C17H23N3/c1-13-4-5-16(12-14(13)2)19-15-6-8-17(9-7-15)20-11-3-10-18-20/h3,6-11,13-14,16,19H,4-5,12H2,1-2H3. The van der Waals surface area contributed by atoms with Crippen LogP contribution in [0.2, 0.25) is 0 Å². The summed E-state index contributed by atoms with van der Waals surface area (Å²) in [6.45, 7) is 4.75. The Hall–Kier alpha value is -1.77. The van der Waals surface area contributed by atoms with E-state index in [1.807, 2.05) is 16.9 Å². The van der Waals surface area contributed by atoms with Crippen LogP contribution in [0.1, 0.15) is 33.1 Å². The van der Waals surface area contributed by atoms with E-state index in [-0.39, 0.29) is 0 Å². The van der Waals surface area contributed by atoms with Crippen LogP contribution in [0.3, 0.4) is 0 Å². The zero-order chi connectivity index (χ0) is 13.9. The van der Waals surface area contributed by atoms with Crippen LogP contribution in [0, 0.1) is 11.8 Å². The molecule has 0 radical (unpaired) electrons. The van der Waals surface area contributed by atoms with Crippen LogP contribution in [0.5, 0.6) is 0 Å². The zero-order valence-electron chi connectivity index (χ0n) is 12.3. The third-order valence-electron chi connectivity index (χ3n) is 4.61. The highest BCUT2D eigenvalue weighted by molar-refractivity contribution is 5.49. The molecular weight excluding hydrogens is 246 g/mol. The number of hydrogen-bond donors (Lipinski definition) is 1. The second-order valence-corrected chi connectivity index (χ2v) is 6.11. The summed E-state index contributed by atoms with van der Waals surface area (Å²) in [6.07, 6.45) is 7.67. The Kier molecular flexibility index (Phi) is 3.77. The molecule has 3 atom stereocenters. The van der Waals surface area contributed by atoms with Crippen molar-refractivity contribution in [3.8, 4) is 5.69 Å². The van der Waals surface area contributed by atoms with Gasteiger partial charge >= 0.3 is 0 Å². The molecule has 1 heterocycles. The fraction of sp³-hybridized carbons (Fsp3) is 0.471. The fourth-order valence-corrected chi connectivity index (χ4v) is 3.05. The predicted octanol–water partition coefficient (Wildman–Crippen LogP) is 4.11. The van der Waals surface area contributed by atoms with E-state index in [0.717, 1.165) is 17.5 Å². The maximum absolute atomic E-state index is 4.25. The minimum atomic E-state index is 0.622. The summed E-state index contributed by atoms with van der Waals surface area (Å²) >= 11 is 0. The number of aromatic nitrogens is 2. The van der Waals surface area contributed by atoms with Crippen LogP contribution in [0.4, 0.5) is 5.69 Å². The minimum Gasteiger partial charge on any atom is -0.382 e. The Morgan fingerprint density at radius 2 is 1.90 bits per heavy atom. The van der Waals surface area contributed by atoms with Crippen molar-refractivity contribution < 1.29 is 0 Å². The first-order valence-corrected chi connectivity index (χ1v) is 7.59. The highest BCUT2D eigenvalue weighted by Gasteiger charge is 2.24. The van der Waals surface area contributed by atoms with Gasteiger partial charge in [0.05, 0.1) is 5.69 Å². The third-order valence-corrected chi connectivity index (χ3v) is 4.61. The molecule has 3 unspecified atom stereocenters. The average molecular weight is 269 g/mol. The molecule has 0 bridgehead atoms. The Labute approximate surface area is 121 Å². The number of rotatable bonds is 3. The third kappa shape index (κ3) is 2.87. The van der Waals surface area contributed by atoms with Gasteiger partial charge in [0.25, 0.3) is 0 Å². The molecule has 0 saturated heterocycles. The van der Waals surface area contributed by atoms with Gasteiger partial charge in [-0.3, -0.25) is 0 Å². The van der Waals surface area contributed by atoms with Gasteiger partial charge in [-0.05, 0) is 61.4 Å². The summed E-state index contributed by atoms with van der Waals surface area (Å²) in [6, 6.07) is 11.1. The summed E-state index contributed by atoms with van der Waals surface area (Å²) < 4.78 is 1.88. The Morgan fingerprint density at radius 1 is 1.10 bits per heavy atom. The first-order valence-electron chi connectivity index (χ1n) is 7.59. The number of hydrogen-bond acceptors (Lipinski definition) is 2. The first kappa shape index (κ1) is 13.2. The molecule has 1 aliphatic rings. The van der Waals surface area contributed by atoms with Crippen molar-refractivity contribution in [1.29, 1.82) is 0 Å². The number of nitrogens with one attached hydrogen (secondary N) is 1. The lowest BCUT2D eigenvalue weighted by Crippen LogP contribution is -2.30. The topological polar surface area (TPSA) is 29.9 Å². The SMILES string of the molecule is CC1CCC(Nc2ccc(-n3cccn3)cc2)CC1C. The minimum absolute atomic E-state index is 0.622. The zero-order valence-corrected chi connectivity index (χ0v) is 12.3. The van der Waals surface area contributed by atoms with E-state index >= 15 is 0 Å². The number of nitrogens with zero attached hydrogens (tertiary/aromatic N) is 2. The van der Waals surface area contributed by atoms with Crippen molar-refractivity contribution in [3.05, 3.63) is 42.7 Å². The molecule has 20 heavy (non-hydrogen) atoms. The van der Waals surface area contributed by atoms with Crippen LogP contribution < -0.4 is 5.32 Å². The molecule has 1 saturated carbocycles. The summed E-state index contributed by atoms with van der Waals surface area (Å²) in [5.41, 5.74) is 2.32. The maximum atomic E-state index is 4.25. The van der Waals surface area contributed by atoms with Crippen LogP contribution in [0.15, 0.2) is 42.7 Å². The van der Waals surface area contributed by atoms with Gasteiger partial charge in [0.2, 0.25) is 0 Å². The smallest absolute Gasteiger partial charge is 0.0647 e. The number of anilines is 1. The Bertz CT molecular complexity index is 530. The summed E-state index contributed by atoms with van der Waals surface area (Å²) in [7, 11) is 0. The molecule has 3 heteroatoms. The molecule has 1 aliphatic carbocycles. The molecule has 1 fully saturated rings. The van der Waals surface area contributed by atoms with Gasteiger partial charge in [-0.15, -0.1) is 0 Å². The van der Waals surface area contributed by atoms with E-state index in [1.54, 1.807) is 6.20 Å². The van der Waals surface area contributed by atoms with Crippen molar-refractivity contribution in [3.63, 3.8) is 0 Å². The second kappa shape index (κ2) is 5.70. The van der Waals surface area contributed by atoms with Gasteiger partial charge in [0.15, 0.2) is 0 Å². The predicted molar refractivity (Wildman–Crippen MR) is 83.2 cm³/mol. The van der Waals surface area contributed by atoms with Gasteiger partial charge < -0.3 is 5.32 Å². The highest BCUT2D eigenvalue weighted by atomic mass is 15.3. The molecule has 0 aliphatic heterocycles. The Morgan fingerprint density at radius 3 is 2.55 bits per heavy atom. The molecule has 1 N–H and O–H groups in total. The van der Waals surface area contributed by atoms with E-state index in [9.17, 15) is 0 Å². The van der Waals surface area contributed by atoms with Crippen molar-refractivity contribution in [2.24, 2.45) is 11.8 Å².